The number of halogens is 4. The molecule has 392 valence electrons. The summed E-state index contributed by atoms with van der Waals surface area (Å²) in [6, 6.07) is 31.8. The molecule has 2 saturated heterocycles. The number of carbonyl (C=O) groups excluding carboxylic acids is 4. The lowest BCUT2D eigenvalue weighted by molar-refractivity contribution is -0.140. The van der Waals surface area contributed by atoms with Crippen molar-refractivity contribution in [1.82, 2.24) is 19.6 Å². The minimum Gasteiger partial charge on any atom is -0.331 e. The highest BCUT2D eigenvalue weighted by Crippen LogP contribution is 2.28. The van der Waals surface area contributed by atoms with Crippen LogP contribution in [0.2, 0.25) is 20.1 Å². The molecule has 72 heavy (non-hydrogen) atoms. The summed E-state index contributed by atoms with van der Waals surface area (Å²) in [7, 11) is 0. The first-order valence-corrected chi connectivity index (χ1v) is 27.9. The maximum absolute atomic E-state index is 13.5. The summed E-state index contributed by atoms with van der Waals surface area (Å²) in [5, 5.41) is 2.01. The smallest absolute Gasteiger partial charge is 0.237 e. The molecule has 0 spiro atoms. The molecule has 2 heterocycles. The standard InChI is InChI=1S/C30H40Cl2N2O2.C29H39Cl2N3O2/c1-4-17-33-21-30(36)34(18-16-25(33)13-10-23-8-6-5-7-9-23)28(19-22(2)3)29(35)15-12-24-11-14-26(31)27(32)20-24;1-21(2)18-27(28(35)13-10-23-9-12-25(30)26(31)19-23)34-16-14-24(33(17-15-32)20-29(34)36)11-8-22-6-4-3-5-7-22/h5-9,11,14,20,22,25,28H,4,10,12-13,15-19,21H2,1-3H3;3-7,9,12,19,21,24,27H,8,10-11,13-18,20,32H2,1-2H3/t25?,28-;24?,27-/m11/s1. The molecule has 9 nitrogen and oxygen atoms in total. The van der Waals surface area contributed by atoms with Crippen molar-refractivity contribution in [1.29, 1.82) is 0 Å². The van der Waals surface area contributed by atoms with E-state index in [4.69, 9.17) is 52.1 Å². The SMILES string of the molecule is CC(C)C[C@H](C(=O)CCc1ccc(Cl)c(Cl)c1)N1CCC(CCc2ccccc2)N(CCN)CC1=O.CCCN1CC(=O)N([C@H](CC(C)C)C(=O)CCc2ccc(Cl)c(Cl)c2)CCC1CCc1ccccc1. The highest BCUT2D eigenvalue weighted by molar-refractivity contribution is 6.42. The van der Waals surface area contributed by atoms with Crippen molar-refractivity contribution in [2.45, 2.75) is 142 Å². The zero-order valence-corrected chi connectivity index (χ0v) is 46.4. The minimum atomic E-state index is -0.409. The molecule has 2 amide bonds. The van der Waals surface area contributed by atoms with Gasteiger partial charge in [0.15, 0.2) is 11.6 Å². The second-order valence-corrected chi connectivity index (χ2v) is 22.2. The van der Waals surface area contributed by atoms with Crippen LogP contribution >= 0.6 is 46.4 Å². The maximum Gasteiger partial charge on any atom is 0.237 e. The van der Waals surface area contributed by atoms with Gasteiger partial charge in [-0.2, -0.15) is 0 Å². The molecule has 6 rings (SSSR count). The second-order valence-electron chi connectivity index (χ2n) is 20.6. The molecule has 4 aromatic carbocycles. The molecule has 2 aliphatic heterocycles. The molecule has 0 bridgehead atoms. The van der Waals surface area contributed by atoms with Gasteiger partial charge in [0.1, 0.15) is 0 Å². The molecule has 4 aromatic rings. The van der Waals surface area contributed by atoms with Crippen LogP contribution in [0, 0.1) is 11.8 Å². The Balaban J connectivity index is 0.000000267. The van der Waals surface area contributed by atoms with Crippen LogP contribution in [0.1, 0.15) is 115 Å². The number of nitrogens with zero attached hydrogens (tertiary/aromatic N) is 4. The number of nitrogens with two attached hydrogens (primary N) is 1. The van der Waals surface area contributed by atoms with Crippen molar-refractivity contribution in [3.63, 3.8) is 0 Å². The van der Waals surface area contributed by atoms with Crippen LogP contribution in [0.15, 0.2) is 97.1 Å². The number of hydrogen-bond acceptors (Lipinski definition) is 7. The van der Waals surface area contributed by atoms with Gasteiger partial charge >= 0.3 is 0 Å². The largest absolute Gasteiger partial charge is 0.331 e. The summed E-state index contributed by atoms with van der Waals surface area (Å²) >= 11 is 24.4. The van der Waals surface area contributed by atoms with E-state index in [0.717, 1.165) is 62.6 Å². The summed E-state index contributed by atoms with van der Waals surface area (Å²) in [6.45, 7) is 14.6. The van der Waals surface area contributed by atoms with E-state index in [9.17, 15) is 19.2 Å². The Morgan fingerprint density at radius 1 is 0.556 bits per heavy atom. The fourth-order valence-corrected chi connectivity index (χ4v) is 10.9. The van der Waals surface area contributed by atoms with Gasteiger partial charge in [-0.3, -0.25) is 29.0 Å². The van der Waals surface area contributed by atoms with Crippen LogP contribution in [0.4, 0.5) is 0 Å². The van der Waals surface area contributed by atoms with Gasteiger partial charge in [0, 0.05) is 51.1 Å². The van der Waals surface area contributed by atoms with E-state index in [1.54, 1.807) is 12.1 Å². The number of ketones is 2. The third-order valence-electron chi connectivity index (χ3n) is 14.1. The van der Waals surface area contributed by atoms with Gasteiger partial charge in [-0.15, -0.1) is 0 Å². The Morgan fingerprint density at radius 2 is 0.958 bits per heavy atom. The lowest BCUT2D eigenvalue weighted by Crippen LogP contribution is -2.48. The molecule has 2 fully saturated rings. The van der Waals surface area contributed by atoms with E-state index >= 15 is 0 Å². The lowest BCUT2D eigenvalue weighted by atomic mass is 9.94. The summed E-state index contributed by atoms with van der Waals surface area (Å²) in [5.41, 5.74) is 10.5. The van der Waals surface area contributed by atoms with Crippen molar-refractivity contribution in [3.8, 4) is 0 Å². The Kier molecular flexibility index (Phi) is 25.1. The van der Waals surface area contributed by atoms with E-state index in [-0.39, 0.29) is 35.5 Å². The average molecular weight is 1060 g/mol. The van der Waals surface area contributed by atoms with Gasteiger partial charge in [-0.1, -0.05) is 154 Å². The normalized spacial score (nSPS) is 17.9. The van der Waals surface area contributed by atoms with E-state index < -0.39 is 6.04 Å². The van der Waals surface area contributed by atoms with E-state index in [2.05, 4.69) is 92.9 Å². The number of benzene rings is 4. The predicted octanol–water partition coefficient (Wildman–Crippen LogP) is 12.3. The molecule has 2 N–H and O–H groups in total. The Morgan fingerprint density at radius 3 is 1.32 bits per heavy atom. The highest BCUT2D eigenvalue weighted by atomic mass is 35.5. The van der Waals surface area contributed by atoms with Crippen LogP contribution in [-0.4, -0.2) is 113 Å². The third kappa shape index (κ3) is 18.8. The van der Waals surface area contributed by atoms with Gasteiger partial charge in [-0.05, 0) is 136 Å². The van der Waals surface area contributed by atoms with Crippen molar-refractivity contribution in [2.75, 3.05) is 45.8 Å². The van der Waals surface area contributed by atoms with Crippen LogP contribution in [0.5, 0.6) is 0 Å². The molecule has 2 aliphatic rings. The van der Waals surface area contributed by atoms with E-state index in [1.807, 2.05) is 46.2 Å². The molecule has 13 heteroatoms. The molecule has 0 saturated carbocycles. The molecule has 0 radical (unpaired) electrons. The maximum atomic E-state index is 13.5. The molecule has 0 aliphatic carbocycles. The fourth-order valence-electron chi connectivity index (χ4n) is 10.2. The monoisotopic (exact) mass is 1060 g/mol. The van der Waals surface area contributed by atoms with Crippen LogP contribution < -0.4 is 5.73 Å². The van der Waals surface area contributed by atoms with Gasteiger partial charge in [0.2, 0.25) is 11.8 Å². The number of Topliss-reactive ketones (excluding diaryl/α,β-unsaturated/α-hetero) is 2. The first-order valence-electron chi connectivity index (χ1n) is 26.3. The fraction of sp³-hybridized carbons (Fsp3) is 0.525. The summed E-state index contributed by atoms with van der Waals surface area (Å²) in [5.74, 6) is 0.970. The van der Waals surface area contributed by atoms with Gasteiger partial charge in [-0.25, -0.2) is 0 Å². The van der Waals surface area contributed by atoms with Gasteiger partial charge in [0.05, 0.1) is 45.3 Å². The first kappa shape index (κ1) is 59.1. The van der Waals surface area contributed by atoms with Crippen LogP contribution in [-0.2, 0) is 44.9 Å². The minimum absolute atomic E-state index is 0.0270. The van der Waals surface area contributed by atoms with Crippen LogP contribution in [0.25, 0.3) is 0 Å². The summed E-state index contributed by atoms with van der Waals surface area (Å²) in [4.78, 5) is 62.2. The molecular formula is C59H79Cl4N5O4. The number of rotatable bonds is 24. The molecule has 4 atom stereocenters. The zero-order valence-electron chi connectivity index (χ0n) is 43.4. The lowest BCUT2D eigenvalue weighted by Gasteiger charge is -2.31. The highest BCUT2D eigenvalue weighted by Gasteiger charge is 2.37. The third-order valence-corrected chi connectivity index (χ3v) is 15.6. The topological polar surface area (TPSA) is 107 Å². The van der Waals surface area contributed by atoms with Crippen LogP contribution in [0.3, 0.4) is 0 Å². The molecule has 2 unspecified atom stereocenters. The van der Waals surface area contributed by atoms with Crippen molar-refractivity contribution < 1.29 is 19.2 Å². The van der Waals surface area contributed by atoms with Gasteiger partial charge in [0.25, 0.3) is 0 Å². The Labute approximate surface area is 451 Å². The number of aryl methyl sites for hydroxylation is 4. The van der Waals surface area contributed by atoms with Gasteiger partial charge < -0.3 is 15.5 Å². The van der Waals surface area contributed by atoms with Crippen molar-refractivity contribution in [3.05, 3.63) is 139 Å². The first-order chi connectivity index (χ1) is 34.6. The van der Waals surface area contributed by atoms with Crippen molar-refractivity contribution in [2.24, 2.45) is 17.6 Å². The zero-order chi connectivity index (χ0) is 52.2. The number of hydrogen-bond donors (Lipinski definition) is 1. The Bertz CT molecular complexity index is 2160. The van der Waals surface area contributed by atoms with Crippen molar-refractivity contribution >= 4 is 69.8 Å². The van der Waals surface area contributed by atoms with E-state index in [0.29, 0.717) is 116 Å². The predicted molar refractivity (Wildman–Crippen MR) is 298 cm³/mol. The van der Waals surface area contributed by atoms with E-state index in [1.165, 1.54) is 11.1 Å². The molecular weight excluding hydrogens is 984 g/mol. The average Bonchev–Trinajstić information content (AvgIpc) is 3.61. The summed E-state index contributed by atoms with van der Waals surface area (Å²) < 4.78 is 0. The quantitative estimate of drug-likeness (QED) is 0.0745. The summed E-state index contributed by atoms with van der Waals surface area (Å²) in [6.07, 6.45) is 9.95. The number of amides is 2. The molecule has 0 aromatic heterocycles. The number of carbonyl (C=O) groups is 4. The Hall–Kier alpha value is -3.80. The second kappa shape index (κ2) is 30.5.